The molecule has 0 aliphatic rings. The Morgan fingerprint density at radius 2 is 0.889 bits per heavy atom. The summed E-state index contributed by atoms with van der Waals surface area (Å²) in [5.41, 5.74) is 3.30. The number of phenols is 2. The van der Waals surface area contributed by atoms with E-state index in [-0.39, 0.29) is 32.6 Å². The average Bonchev–Trinajstić information content (AvgIpc) is 2.69. The zero-order valence-corrected chi connectivity index (χ0v) is 16.2. The molecule has 27 heavy (non-hydrogen) atoms. The summed E-state index contributed by atoms with van der Waals surface area (Å²) in [7, 11) is 0. The van der Waals surface area contributed by atoms with Crippen LogP contribution in [-0.2, 0) is 21.1 Å². The summed E-state index contributed by atoms with van der Waals surface area (Å²) in [5, 5.41) is 20.1. The molecule has 0 radical (unpaired) electrons. The van der Waals surface area contributed by atoms with Crippen molar-refractivity contribution in [1.82, 2.24) is 19.9 Å². The van der Waals surface area contributed by atoms with E-state index in [1.807, 2.05) is 12.1 Å². The van der Waals surface area contributed by atoms with Crippen LogP contribution in [0, 0.1) is 0 Å². The van der Waals surface area contributed by atoms with Gasteiger partial charge in [-0.25, -0.2) is 9.97 Å². The van der Waals surface area contributed by atoms with E-state index in [9.17, 15) is 10.2 Å². The second-order valence-electron chi connectivity index (χ2n) is 5.61. The van der Waals surface area contributed by atoms with Crippen molar-refractivity contribution in [3.05, 3.63) is 73.3 Å². The summed E-state index contributed by atoms with van der Waals surface area (Å²) < 4.78 is 0. The summed E-state index contributed by atoms with van der Waals surface area (Å²) >= 11 is 0. The Morgan fingerprint density at radius 3 is 1.30 bits per heavy atom. The number of nitrogens with zero attached hydrogens (tertiary/aromatic N) is 4. The summed E-state index contributed by atoms with van der Waals surface area (Å²) in [6.45, 7) is 0. The Hall–Kier alpha value is -3.11. The van der Waals surface area contributed by atoms with Crippen molar-refractivity contribution in [3.63, 3.8) is 0 Å². The van der Waals surface area contributed by atoms with Gasteiger partial charge in [0, 0.05) is 32.2 Å². The van der Waals surface area contributed by atoms with Crippen molar-refractivity contribution in [1.29, 1.82) is 0 Å². The van der Waals surface area contributed by atoms with Crippen LogP contribution in [0.2, 0.25) is 0 Å². The fourth-order valence-electron chi connectivity index (χ4n) is 2.62. The molecule has 0 aliphatic carbocycles. The molecule has 7 heteroatoms. The number of para-hydroxylation sites is 2. The minimum Gasteiger partial charge on any atom is -0.507 e. The topological polar surface area (TPSA) is 92.0 Å². The van der Waals surface area contributed by atoms with Crippen LogP contribution in [0.4, 0.5) is 0 Å². The largest absolute Gasteiger partial charge is 0.507 e. The molecule has 2 N–H and O–H groups in total. The van der Waals surface area contributed by atoms with Crippen LogP contribution in [0.3, 0.4) is 0 Å². The van der Waals surface area contributed by atoms with E-state index in [0.717, 1.165) is 0 Å². The fraction of sp³-hybridized carbons (Fsp3) is 0. The zero-order valence-electron chi connectivity index (χ0n) is 13.9. The number of benzene rings is 2. The number of aromatic hydroxyl groups is 2. The predicted molar refractivity (Wildman–Crippen MR) is 97.3 cm³/mol. The number of rotatable bonds is 3. The summed E-state index contributed by atoms with van der Waals surface area (Å²) in [6, 6.07) is 13.9. The molecule has 0 saturated carbocycles. The van der Waals surface area contributed by atoms with Crippen molar-refractivity contribution in [2.24, 2.45) is 0 Å². The van der Waals surface area contributed by atoms with Gasteiger partial charge in [-0.3, -0.25) is 9.97 Å². The third kappa shape index (κ3) is 3.86. The Labute approximate surface area is 169 Å². The molecule has 6 nitrogen and oxygen atoms in total. The molecule has 0 saturated heterocycles. The van der Waals surface area contributed by atoms with Crippen LogP contribution in [0.5, 0.6) is 11.5 Å². The number of hydrogen-bond acceptors (Lipinski definition) is 6. The Kier molecular flexibility index (Phi) is 5.57. The molecule has 4 rings (SSSR count). The fourth-order valence-corrected chi connectivity index (χ4v) is 2.62. The molecule has 2 heterocycles. The quantitative estimate of drug-likeness (QED) is 0.415. The van der Waals surface area contributed by atoms with Crippen LogP contribution in [0.15, 0.2) is 73.3 Å². The van der Waals surface area contributed by atoms with E-state index in [4.69, 9.17) is 0 Å². The Morgan fingerprint density at radius 1 is 0.519 bits per heavy atom. The van der Waals surface area contributed by atoms with Crippen molar-refractivity contribution < 1.29 is 31.3 Å². The van der Waals surface area contributed by atoms with Gasteiger partial charge in [0.25, 0.3) is 0 Å². The second kappa shape index (κ2) is 8.06. The van der Waals surface area contributed by atoms with Crippen LogP contribution in [-0.4, -0.2) is 30.1 Å². The third-order valence-corrected chi connectivity index (χ3v) is 3.89. The molecule has 0 fully saturated rings. The summed E-state index contributed by atoms with van der Waals surface area (Å²) in [6.07, 6.45) is 6.34. The standard InChI is InChI=1S/C20H14N4O2.Pt/c25-19-7-3-1-5-13(19)15-9-21-11-17(23-15)18-12-22-10-16(24-18)14-6-2-4-8-20(14)26;/h1-12,25-26H;. The van der Waals surface area contributed by atoms with E-state index in [2.05, 4.69) is 19.9 Å². The van der Waals surface area contributed by atoms with Gasteiger partial charge in [-0.2, -0.15) is 0 Å². The van der Waals surface area contributed by atoms with Crippen LogP contribution in [0.25, 0.3) is 33.9 Å². The monoisotopic (exact) mass is 537 g/mol. The molecular weight excluding hydrogens is 523 g/mol. The molecule has 0 aliphatic heterocycles. The molecule has 0 spiro atoms. The van der Waals surface area contributed by atoms with E-state index < -0.39 is 0 Å². The molecule has 0 bridgehead atoms. The molecule has 0 atom stereocenters. The van der Waals surface area contributed by atoms with Gasteiger partial charge in [0.15, 0.2) is 0 Å². The van der Waals surface area contributed by atoms with E-state index >= 15 is 0 Å². The van der Waals surface area contributed by atoms with Gasteiger partial charge >= 0.3 is 0 Å². The number of phenolic OH excluding ortho intramolecular Hbond substituents is 2. The Bertz CT molecular complexity index is 1000. The normalized spacial score (nSPS) is 10.2. The zero-order chi connectivity index (χ0) is 17.9. The maximum atomic E-state index is 10.0. The molecule has 0 amide bonds. The van der Waals surface area contributed by atoms with Gasteiger partial charge in [-0.1, -0.05) is 24.3 Å². The molecule has 0 unspecified atom stereocenters. The van der Waals surface area contributed by atoms with Crippen molar-refractivity contribution >= 4 is 0 Å². The SMILES string of the molecule is Oc1ccccc1-c1cncc(-c2cncc(-c3ccccc3O)n2)n1.[Pt]. The van der Waals surface area contributed by atoms with Crippen LogP contribution >= 0.6 is 0 Å². The third-order valence-electron chi connectivity index (χ3n) is 3.89. The molecule has 2 aromatic heterocycles. The van der Waals surface area contributed by atoms with Gasteiger partial charge in [0.05, 0.1) is 36.2 Å². The first-order valence-corrected chi connectivity index (χ1v) is 7.93. The number of hydrogen-bond donors (Lipinski definition) is 2. The first-order valence-electron chi connectivity index (χ1n) is 7.93. The van der Waals surface area contributed by atoms with Crippen LogP contribution < -0.4 is 0 Å². The van der Waals surface area contributed by atoms with Crippen LogP contribution in [0.1, 0.15) is 0 Å². The van der Waals surface area contributed by atoms with Gasteiger partial charge in [0.2, 0.25) is 0 Å². The molecule has 4 aromatic rings. The van der Waals surface area contributed by atoms with Crippen molar-refractivity contribution in [2.75, 3.05) is 0 Å². The smallest absolute Gasteiger partial charge is 0.125 e. The molecule has 2 aromatic carbocycles. The Balaban J connectivity index is 0.00000210. The molecule has 136 valence electrons. The van der Waals surface area contributed by atoms with E-state index in [0.29, 0.717) is 33.9 Å². The van der Waals surface area contributed by atoms with Crippen molar-refractivity contribution in [3.8, 4) is 45.4 Å². The van der Waals surface area contributed by atoms with E-state index in [1.54, 1.807) is 61.2 Å². The first kappa shape index (κ1) is 18.7. The maximum Gasteiger partial charge on any atom is 0.125 e. The van der Waals surface area contributed by atoms with Crippen molar-refractivity contribution in [2.45, 2.75) is 0 Å². The summed E-state index contributed by atoms with van der Waals surface area (Å²) in [4.78, 5) is 17.5. The minimum absolute atomic E-state index is 0. The average molecular weight is 537 g/mol. The van der Waals surface area contributed by atoms with Gasteiger partial charge in [-0.05, 0) is 24.3 Å². The minimum atomic E-state index is 0. The second-order valence-corrected chi connectivity index (χ2v) is 5.61. The first-order chi connectivity index (χ1) is 12.7. The molecular formula is C20H14N4O2Pt. The van der Waals surface area contributed by atoms with Gasteiger partial charge < -0.3 is 10.2 Å². The van der Waals surface area contributed by atoms with Gasteiger partial charge in [0.1, 0.15) is 22.9 Å². The van der Waals surface area contributed by atoms with E-state index in [1.165, 1.54) is 0 Å². The summed E-state index contributed by atoms with van der Waals surface area (Å²) in [5.74, 6) is 0.265. The maximum absolute atomic E-state index is 10.0. The number of aromatic nitrogens is 4. The van der Waals surface area contributed by atoms with Gasteiger partial charge in [-0.15, -0.1) is 0 Å². The predicted octanol–water partition coefficient (Wildman–Crippen LogP) is 3.68.